The van der Waals surface area contributed by atoms with E-state index in [-0.39, 0.29) is 17.4 Å². The molecule has 0 aromatic heterocycles. The first-order chi connectivity index (χ1) is 10.0. The summed E-state index contributed by atoms with van der Waals surface area (Å²) in [7, 11) is 0. The number of aliphatic carboxylic acids is 1. The molecule has 1 atom stereocenters. The number of hydrogen-bond donors (Lipinski definition) is 3. The zero-order valence-corrected chi connectivity index (χ0v) is 13.5. The van der Waals surface area contributed by atoms with Crippen LogP contribution in [0.25, 0.3) is 0 Å². The highest BCUT2D eigenvalue weighted by molar-refractivity contribution is 5.87. The number of phenolic OH excluding ortho intramolecular Hbond substituents is 1. The number of carboxylic acid groups (broad SMARTS) is 1. The molecular weight excluding hydrogens is 286 g/mol. The monoisotopic (exact) mass is 309 g/mol. The van der Waals surface area contributed by atoms with Crippen LogP contribution in [0.4, 0.5) is 10.5 Å². The molecule has 0 saturated heterocycles. The lowest BCUT2D eigenvalue weighted by Crippen LogP contribution is -2.27. The Morgan fingerprint density at radius 3 is 2.27 bits per heavy atom. The second-order valence-corrected chi connectivity index (χ2v) is 6.46. The van der Waals surface area contributed by atoms with Gasteiger partial charge in [-0.05, 0) is 44.4 Å². The molecule has 22 heavy (non-hydrogen) atoms. The van der Waals surface area contributed by atoms with Gasteiger partial charge < -0.3 is 14.9 Å². The van der Waals surface area contributed by atoms with Gasteiger partial charge in [0.2, 0.25) is 0 Å². The third-order valence-corrected chi connectivity index (χ3v) is 2.95. The predicted molar refractivity (Wildman–Crippen MR) is 83.2 cm³/mol. The van der Waals surface area contributed by atoms with Crippen LogP contribution in [0.15, 0.2) is 18.2 Å². The Morgan fingerprint density at radius 2 is 1.82 bits per heavy atom. The van der Waals surface area contributed by atoms with E-state index < -0.39 is 23.6 Å². The highest BCUT2D eigenvalue weighted by atomic mass is 16.6. The van der Waals surface area contributed by atoms with Crippen molar-refractivity contribution < 1.29 is 24.5 Å². The first-order valence-corrected chi connectivity index (χ1v) is 7.07. The standard InChI is InChI=1S/C16H23NO5/c1-9(2)13(14(19)20)10-6-7-12(18)11(8-10)17-15(21)22-16(3,4)5/h6-9,13,18H,1-5H3,(H,17,21)(H,19,20). The molecule has 1 rings (SSSR count). The van der Waals surface area contributed by atoms with Crippen LogP contribution in [0.1, 0.15) is 46.1 Å². The number of hydrogen-bond acceptors (Lipinski definition) is 4. The molecule has 0 radical (unpaired) electrons. The maximum atomic E-state index is 11.8. The number of amides is 1. The van der Waals surface area contributed by atoms with E-state index in [2.05, 4.69) is 5.32 Å². The fourth-order valence-electron chi connectivity index (χ4n) is 2.07. The predicted octanol–water partition coefficient (Wildman–Crippen LogP) is 3.56. The van der Waals surface area contributed by atoms with Crippen molar-refractivity contribution in [3.8, 4) is 5.75 Å². The minimum absolute atomic E-state index is 0.124. The molecule has 6 heteroatoms. The Hall–Kier alpha value is -2.24. The van der Waals surface area contributed by atoms with Crippen molar-refractivity contribution in [1.82, 2.24) is 0 Å². The van der Waals surface area contributed by atoms with Gasteiger partial charge in [0.05, 0.1) is 11.6 Å². The largest absolute Gasteiger partial charge is 0.506 e. The molecular formula is C16H23NO5. The van der Waals surface area contributed by atoms with E-state index in [4.69, 9.17) is 4.74 Å². The Bertz CT molecular complexity index is 560. The van der Waals surface area contributed by atoms with Gasteiger partial charge in [-0.3, -0.25) is 10.1 Å². The van der Waals surface area contributed by atoms with E-state index in [9.17, 15) is 19.8 Å². The summed E-state index contributed by atoms with van der Waals surface area (Å²) in [6.45, 7) is 8.77. The van der Waals surface area contributed by atoms with Crippen molar-refractivity contribution in [2.75, 3.05) is 5.32 Å². The molecule has 0 saturated carbocycles. The molecule has 1 aromatic carbocycles. The smallest absolute Gasteiger partial charge is 0.412 e. The van der Waals surface area contributed by atoms with E-state index in [0.29, 0.717) is 5.56 Å². The third-order valence-electron chi connectivity index (χ3n) is 2.95. The van der Waals surface area contributed by atoms with Crippen LogP contribution in [0.2, 0.25) is 0 Å². The zero-order chi connectivity index (χ0) is 17.1. The van der Waals surface area contributed by atoms with Crippen molar-refractivity contribution in [2.24, 2.45) is 5.92 Å². The number of carbonyl (C=O) groups is 2. The molecule has 0 spiro atoms. The molecule has 0 aliphatic carbocycles. The van der Waals surface area contributed by atoms with Crippen LogP contribution < -0.4 is 5.32 Å². The Balaban J connectivity index is 3.04. The molecule has 1 unspecified atom stereocenters. The van der Waals surface area contributed by atoms with Crippen molar-refractivity contribution in [3.63, 3.8) is 0 Å². The minimum Gasteiger partial charge on any atom is -0.506 e. The zero-order valence-electron chi connectivity index (χ0n) is 13.5. The fraction of sp³-hybridized carbons (Fsp3) is 0.500. The van der Waals surface area contributed by atoms with Crippen LogP contribution in [0.5, 0.6) is 5.75 Å². The highest BCUT2D eigenvalue weighted by Crippen LogP contribution is 2.31. The quantitative estimate of drug-likeness (QED) is 0.739. The molecule has 0 aliphatic rings. The number of carboxylic acids is 1. The Labute approximate surface area is 130 Å². The number of benzene rings is 1. The Morgan fingerprint density at radius 1 is 1.23 bits per heavy atom. The summed E-state index contributed by atoms with van der Waals surface area (Å²) < 4.78 is 5.11. The van der Waals surface area contributed by atoms with Crippen molar-refractivity contribution >= 4 is 17.7 Å². The van der Waals surface area contributed by atoms with E-state index in [1.165, 1.54) is 18.2 Å². The summed E-state index contributed by atoms with van der Waals surface area (Å²) >= 11 is 0. The van der Waals surface area contributed by atoms with Crippen LogP contribution in [-0.2, 0) is 9.53 Å². The number of rotatable bonds is 4. The fourth-order valence-corrected chi connectivity index (χ4v) is 2.07. The van der Waals surface area contributed by atoms with Gasteiger partial charge in [-0.1, -0.05) is 19.9 Å². The lowest BCUT2D eigenvalue weighted by Gasteiger charge is -2.21. The molecule has 0 bridgehead atoms. The molecule has 1 aromatic rings. The molecule has 0 aliphatic heterocycles. The van der Waals surface area contributed by atoms with Crippen molar-refractivity contribution in [3.05, 3.63) is 23.8 Å². The number of anilines is 1. The average Bonchev–Trinajstić information content (AvgIpc) is 2.29. The summed E-state index contributed by atoms with van der Waals surface area (Å²) in [6, 6.07) is 4.35. The highest BCUT2D eigenvalue weighted by Gasteiger charge is 2.25. The van der Waals surface area contributed by atoms with Gasteiger partial charge in [0, 0.05) is 0 Å². The maximum Gasteiger partial charge on any atom is 0.412 e. The Kier molecular flexibility index (Phi) is 5.41. The van der Waals surface area contributed by atoms with Gasteiger partial charge in [0.15, 0.2) is 0 Å². The lowest BCUT2D eigenvalue weighted by molar-refractivity contribution is -0.139. The summed E-state index contributed by atoms with van der Waals surface area (Å²) in [5.41, 5.74) is -0.0382. The minimum atomic E-state index is -0.955. The summed E-state index contributed by atoms with van der Waals surface area (Å²) in [4.78, 5) is 23.1. The molecule has 6 nitrogen and oxygen atoms in total. The number of carbonyl (C=O) groups excluding carboxylic acids is 1. The van der Waals surface area contributed by atoms with Crippen LogP contribution >= 0.6 is 0 Å². The van der Waals surface area contributed by atoms with Crippen LogP contribution in [-0.4, -0.2) is 27.9 Å². The van der Waals surface area contributed by atoms with Crippen molar-refractivity contribution in [2.45, 2.75) is 46.1 Å². The first kappa shape index (κ1) is 17.8. The van der Waals surface area contributed by atoms with E-state index >= 15 is 0 Å². The summed E-state index contributed by atoms with van der Waals surface area (Å²) in [6.07, 6.45) is -0.712. The van der Waals surface area contributed by atoms with E-state index in [1.54, 1.807) is 34.6 Å². The normalized spacial score (nSPS) is 12.8. The number of aromatic hydroxyl groups is 1. The number of ether oxygens (including phenoxy) is 1. The van der Waals surface area contributed by atoms with Crippen molar-refractivity contribution in [1.29, 1.82) is 0 Å². The molecule has 1 amide bonds. The SMILES string of the molecule is CC(C)C(C(=O)O)c1ccc(O)c(NC(=O)OC(C)(C)C)c1. The van der Waals surface area contributed by atoms with Gasteiger partial charge in [0.25, 0.3) is 0 Å². The topological polar surface area (TPSA) is 95.9 Å². The third kappa shape index (κ3) is 4.95. The van der Waals surface area contributed by atoms with Crippen LogP contribution in [0.3, 0.4) is 0 Å². The second kappa shape index (κ2) is 6.68. The van der Waals surface area contributed by atoms with Gasteiger partial charge in [-0.15, -0.1) is 0 Å². The summed E-state index contributed by atoms with van der Waals surface area (Å²) in [5.74, 6) is -1.96. The number of nitrogens with one attached hydrogen (secondary N) is 1. The van der Waals surface area contributed by atoms with Gasteiger partial charge in [-0.25, -0.2) is 4.79 Å². The maximum absolute atomic E-state index is 11.8. The molecule has 0 heterocycles. The molecule has 3 N–H and O–H groups in total. The first-order valence-electron chi connectivity index (χ1n) is 7.07. The second-order valence-electron chi connectivity index (χ2n) is 6.46. The van der Waals surface area contributed by atoms with E-state index in [1.807, 2.05) is 0 Å². The van der Waals surface area contributed by atoms with E-state index in [0.717, 1.165) is 0 Å². The molecule has 0 fully saturated rings. The van der Waals surface area contributed by atoms with Gasteiger partial charge in [-0.2, -0.15) is 0 Å². The lowest BCUT2D eigenvalue weighted by atomic mass is 9.88. The molecule has 122 valence electrons. The van der Waals surface area contributed by atoms with Gasteiger partial charge >= 0.3 is 12.1 Å². The number of phenols is 1. The average molecular weight is 309 g/mol. The summed E-state index contributed by atoms with van der Waals surface area (Å²) in [5, 5.41) is 21.6. The van der Waals surface area contributed by atoms with Gasteiger partial charge in [0.1, 0.15) is 11.4 Å². The van der Waals surface area contributed by atoms with Crippen LogP contribution in [0, 0.1) is 5.92 Å².